The molecule has 90 valence electrons. The summed E-state index contributed by atoms with van der Waals surface area (Å²) in [5, 5.41) is 2.34. The van der Waals surface area contributed by atoms with Crippen LogP contribution in [0.15, 0.2) is 0 Å². The van der Waals surface area contributed by atoms with Gasteiger partial charge >= 0.3 is 0 Å². The number of likely N-dealkylation sites (tertiary alicyclic amines) is 1. The highest BCUT2D eigenvalue weighted by molar-refractivity contribution is 5.86. The van der Waals surface area contributed by atoms with Crippen molar-refractivity contribution in [2.24, 2.45) is 5.73 Å². The molecular weight excluding hydrogens is 210 g/mol. The second-order valence-corrected chi connectivity index (χ2v) is 3.83. The average molecular weight is 227 g/mol. The summed E-state index contributed by atoms with van der Waals surface area (Å²) in [6.07, 6.45) is 2.40. The second-order valence-electron chi connectivity index (χ2n) is 3.83. The summed E-state index contributed by atoms with van der Waals surface area (Å²) >= 11 is 0. The van der Waals surface area contributed by atoms with Crippen LogP contribution in [0.1, 0.15) is 25.7 Å². The van der Waals surface area contributed by atoms with E-state index in [1.54, 1.807) is 4.90 Å². The van der Waals surface area contributed by atoms with Gasteiger partial charge in [0.15, 0.2) is 0 Å². The molecule has 1 rings (SSSR count). The number of hydrogen-bond donors (Lipinski definition) is 2. The van der Waals surface area contributed by atoms with Gasteiger partial charge in [-0.05, 0) is 12.8 Å². The summed E-state index contributed by atoms with van der Waals surface area (Å²) in [5.41, 5.74) is 4.87. The monoisotopic (exact) mass is 227 g/mol. The van der Waals surface area contributed by atoms with Gasteiger partial charge in [-0.25, -0.2) is 0 Å². The zero-order chi connectivity index (χ0) is 12.0. The number of nitrogens with one attached hydrogen (secondary N) is 1. The first-order chi connectivity index (χ1) is 7.59. The summed E-state index contributed by atoms with van der Waals surface area (Å²) in [6, 6.07) is 0. The maximum Gasteiger partial charge on any atom is 0.236 e. The van der Waals surface area contributed by atoms with E-state index in [2.05, 4.69) is 5.32 Å². The third kappa shape index (κ3) is 4.29. The van der Waals surface area contributed by atoms with Gasteiger partial charge in [0.2, 0.25) is 17.7 Å². The minimum Gasteiger partial charge on any atom is -0.368 e. The third-order valence-electron chi connectivity index (χ3n) is 2.48. The third-order valence-corrected chi connectivity index (χ3v) is 2.48. The summed E-state index contributed by atoms with van der Waals surface area (Å²) in [4.78, 5) is 34.9. The Morgan fingerprint density at radius 2 is 1.75 bits per heavy atom. The molecule has 16 heavy (non-hydrogen) atoms. The van der Waals surface area contributed by atoms with Crippen molar-refractivity contribution in [1.29, 1.82) is 0 Å². The van der Waals surface area contributed by atoms with E-state index in [9.17, 15) is 14.4 Å². The van der Waals surface area contributed by atoms with E-state index in [0.717, 1.165) is 25.9 Å². The minimum absolute atomic E-state index is 0.00623. The van der Waals surface area contributed by atoms with Gasteiger partial charge < -0.3 is 16.0 Å². The van der Waals surface area contributed by atoms with Crippen LogP contribution >= 0.6 is 0 Å². The Kier molecular flexibility index (Phi) is 4.75. The molecular formula is C10H17N3O3. The number of amides is 3. The van der Waals surface area contributed by atoms with Crippen LogP contribution in [0, 0.1) is 0 Å². The van der Waals surface area contributed by atoms with E-state index in [0.29, 0.717) is 0 Å². The number of primary amides is 1. The highest BCUT2D eigenvalue weighted by Gasteiger charge is 2.18. The maximum absolute atomic E-state index is 11.5. The van der Waals surface area contributed by atoms with Gasteiger partial charge in [-0.1, -0.05) is 0 Å². The Balaban J connectivity index is 2.15. The van der Waals surface area contributed by atoms with Gasteiger partial charge in [0.25, 0.3) is 0 Å². The zero-order valence-corrected chi connectivity index (χ0v) is 9.20. The number of carbonyl (C=O) groups is 3. The first kappa shape index (κ1) is 12.5. The quantitative estimate of drug-likeness (QED) is 0.630. The predicted octanol–water partition coefficient (Wildman–Crippen LogP) is -1.01. The van der Waals surface area contributed by atoms with Crippen molar-refractivity contribution in [3.8, 4) is 0 Å². The summed E-state index contributed by atoms with van der Waals surface area (Å²) < 4.78 is 0. The van der Waals surface area contributed by atoms with Crippen molar-refractivity contribution in [1.82, 2.24) is 10.2 Å². The lowest BCUT2D eigenvalue weighted by Gasteiger charge is -2.14. The SMILES string of the molecule is NC(=O)CNC(=O)CCC(=O)N1CCCC1. The predicted molar refractivity (Wildman–Crippen MR) is 57.3 cm³/mol. The fourth-order valence-electron chi connectivity index (χ4n) is 1.62. The number of carbonyl (C=O) groups excluding carboxylic acids is 3. The van der Waals surface area contributed by atoms with Crippen molar-refractivity contribution in [3.05, 3.63) is 0 Å². The standard InChI is InChI=1S/C10H17N3O3/c11-8(14)7-12-9(15)3-4-10(16)13-5-1-2-6-13/h1-7H2,(H2,11,14)(H,12,15). The van der Waals surface area contributed by atoms with Gasteiger partial charge in [0.1, 0.15) is 0 Å². The lowest BCUT2D eigenvalue weighted by atomic mass is 10.2. The molecule has 1 aliphatic rings. The molecule has 6 heteroatoms. The van der Waals surface area contributed by atoms with E-state index in [-0.39, 0.29) is 31.2 Å². The molecule has 1 aliphatic heterocycles. The molecule has 3 N–H and O–H groups in total. The van der Waals surface area contributed by atoms with Crippen LogP contribution in [0.25, 0.3) is 0 Å². The Morgan fingerprint density at radius 3 is 2.31 bits per heavy atom. The molecule has 0 radical (unpaired) electrons. The number of rotatable bonds is 5. The highest BCUT2D eigenvalue weighted by atomic mass is 16.2. The zero-order valence-electron chi connectivity index (χ0n) is 9.20. The molecule has 1 fully saturated rings. The van der Waals surface area contributed by atoms with E-state index in [4.69, 9.17) is 5.73 Å². The molecule has 0 atom stereocenters. The molecule has 0 unspecified atom stereocenters. The van der Waals surface area contributed by atoms with Crippen LogP contribution in [-0.2, 0) is 14.4 Å². The van der Waals surface area contributed by atoms with Crippen LogP contribution in [0.5, 0.6) is 0 Å². The van der Waals surface area contributed by atoms with Crippen LogP contribution in [-0.4, -0.2) is 42.3 Å². The van der Waals surface area contributed by atoms with Gasteiger partial charge in [0.05, 0.1) is 6.54 Å². The molecule has 0 bridgehead atoms. The highest BCUT2D eigenvalue weighted by Crippen LogP contribution is 2.09. The normalized spacial score (nSPS) is 14.9. The molecule has 3 amide bonds. The summed E-state index contributed by atoms with van der Waals surface area (Å²) in [7, 11) is 0. The number of nitrogens with zero attached hydrogens (tertiary/aromatic N) is 1. The Hall–Kier alpha value is -1.59. The van der Waals surface area contributed by atoms with Crippen LogP contribution in [0.4, 0.5) is 0 Å². The van der Waals surface area contributed by atoms with Gasteiger partial charge in [-0.15, -0.1) is 0 Å². The van der Waals surface area contributed by atoms with E-state index in [1.165, 1.54) is 0 Å². The molecule has 0 spiro atoms. The molecule has 6 nitrogen and oxygen atoms in total. The lowest BCUT2D eigenvalue weighted by Crippen LogP contribution is -2.34. The van der Waals surface area contributed by atoms with E-state index < -0.39 is 5.91 Å². The largest absolute Gasteiger partial charge is 0.368 e. The van der Waals surface area contributed by atoms with Crippen molar-refractivity contribution in [3.63, 3.8) is 0 Å². The number of nitrogens with two attached hydrogens (primary N) is 1. The molecule has 0 aromatic heterocycles. The minimum atomic E-state index is -0.584. The van der Waals surface area contributed by atoms with Gasteiger partial charge in [0, 0.05) is 25.9 Å². The van der Waals surface area contributed by atoms with Crippen molar-refractivity contribution in [2.45, 2.75) is 25.7 Å². The van der Waals surface area contributed by atoms with Crippen molar-refractivity contribution < 1.29 is 14.4 Å². The van der Waals surface area contributed by atoms with Crippen LogP contribution in [0.2, 0.25) is 0 Å². The van der Waals surface area contributed by atoms with Crippen molar-refractivity contribution in [2.75, 3.05) is 19.6 Å². The van der Waals surface area contributed by atoms with Gasteiger partial charge in [-0.3, -0.25) is 14.4 Å². The van der Waals surface area contributed by atoms with Crippen LogP contribution in [0.3, 0.4) is 0 Å². The molecule has 0 aliphatic carbocycles. The second kappa shape index (κ2) is 6.09. The lowest BCUT2D eigenvalue weighted by molar-refractivity contribution is -0.132. The average Bonchev–Trinajstić information content (AvgIpc) is 2.76. The molecule has 0 aromatic carbocycles. The molecule has 1 heterocycles. The first-order valence-electron chi connectivity index (χ1n) is 5.42. The van der Waals surface area contributed by atoms with E-state index >= 15 is 0 Å². The Bertz CT molecular complexity index is 285. The fraction of sp³-hybridized carbons (Fsp3) is 0.700. The molecule has 1 saturated heterocycles. The van der Waals surface area contributed by atoms with Crippen molar-refractivity contribution >= 4 is 17.7 Å². The smallest absolute Gasteiger partial charge is 0.236 e. The topological polar surface area (TPSA) is 92.5 Å². The molecule has 0 saturated carbocycles. The maximum atomic E-state index is 11.5. The van der Waals surface area contributed by atoms with E-state index in [1.807, 2.05) is 0 Å². The van der Waals surface area contributed by atoms with Gasteiger partial charge in [-0.2, -0.15) is 0 Å². The summed E-state index contributed by atoms with van der Waals surface area (Å²) in [6.45, 7) is 1.42. The fourth-order valence-corrected chi connectivity index (χ4v) is 1.62. The molecule has 0 aromatic rings. The van der Waals surface area contributed by atoms with Crippen LogP contribution < -0.4 is 11.1 Å². The number of hydrogen-bond acceptors (Lipinski definition) is 3. The summed E-state index contributed by atoms with van der Waals surface area (Å²) in [5.74, 6) is -0.891. The Morgan fingerprint density at radius 1 is 1.12 bits per heavy atom. The first-order valence-corrected chi connectivity index (χ1v) is 5.42. The Labute approximate surface area is 94.2 Å².